The lowest BCUT2D eigenvalue weighted by Gasteiger charge is -2.45. The third-order valence-corrected chi connectivity index (χ3v) is 7.46. The molecule has 12 nitrogen and oxygen atoms in total. The molecule has 5 rings (SSSR count). The van der Waals surface area contributed by atoms with E-state index in [2.05, 4.69) is 0 Å². The van der Waals surface area contributed by atoms with Crippen molar-refractivity contribution in [2.45, 2.75) is 67.6 Å². The molecule has 12 heteroatoms. The summed E-state index contributed by atoms with van der Waals surface area (Å²) in [5, 5.41) is 82.4. The molecule has 2 saturated heterocycles. The van der Waals surface area contributed by atoms with Crippen molar-refractivity contribution in [2.75, 3.05) is 6.61 Å². The molecule has 210 valence electrons. The van der Waals surface area contributed by atoms with Gasteiger partial charge in [0.15, 0.2) is 5.43 Å². The second-order valence-electron chi connectivity index (χ2n) is 10.00. The lowest BCUT2D eigenvalue weighted by Crippen LogP contribution is -2.63. The molecular weight excluding hydrogens is 516 g/mol. The first-order chi connectivity index (χ1) is 18.5. The molecule has 0 bridgehead atoms. The summed E-state index contributed by atoms with van der Waals surface area (Å²) in [6, 6.07) is 12.6. The predicted octanol–water partition coefficient (Wildman–Crippen LogP) is -1.16. The molecule has 0 spiro atoms. The van der Waals surface area contributed by atoms with Crippen LogP contribution in [0.5, 0.6) is 0 Å². The molecule has 0 aliphatic carbocycles. The van der Waals surface area contributed by atoms with Crippen LogP contribution < -0.4 is 5.43 Å². The summed E-state index contributed by atoms with van der Waals surface area (Å²) in [6.07, 6.45) is -13.7. The summed E-state index contributed by atoms with van der Waals surface area (Å²) < 4.78 is 17.3. The number of hydrogen-bond donors (Lipinski definition) is 8. The Morgan fingerprint density at radius 1 is 0.846 bits per heavy atom. The van der Waals surface area contributed by atoms with Gasteiger partial charge in [-0.3, -0.25) is 4.79 Å². The Bertz CT molecular complexity index is 1390. The molecule has 10 atom stereocenters. The monoisotopic (exact) mass is 546 g/mol. The molecule has 0 radical (unpaired) electrons. The van der Waals surface area contributed by atoms with Gasteiger partial charge in [-0.25, -0.2) is 0 Å². The van der Waals surface area contributed by atoms with Gasteiger partial charge in [-0.15, -0.1) is 0 Å². The summed E-state index contributed by atoms with van der Waals surface area (Å²) in [4.78, 5) is 13.9. The largest absolute Gasteiger partial charge is 0.455 e. The molecule has 0 amide bonds. The zero-order valence-corrected chi connectivity index (χ0v) is 20.7. The van der Waals surface area contributed by atoms with Crippen LogP contribution in [0.15, 0.2) is 57.7 Å². The number of ether oxygens (including phenoxy) is 2. The highest BCUT2D eigenvalue weighted by Gasteiger charge is 2.54. The van der Waals surface area contributed by atoms with E-state index >= 15 is 0 Å². The van der Waals surface area contributed by atoms with Crippen LogP contribution in [0.2, 0.25) is 0 Å². The maximum Gasteiger partial charge on any atom is 0.219 e. The topological polar surface area (TPSA) is 211 Å². The van der Waals surface area contributed by atoms with Crippen LogP contribution in [0.1, 0.15) is 30.3 Å². The minimum atomic E-state index is -2.68. The van der Waals surface area contributed by atoms with E-state index in [-0.39, 0.29) is 22.3 Å². The standard InChI is InChI=1S/C27H30O12/c1-11-17(29)19(31)20(32)24(37-11)13-7-8-14-15(9-13)38-23(12-5-3-2-4-6-12)16(18(14)30)25-21(33)22(34)26(35)27(36,10-28)39-25/h2-9,11,17,19-22,24-26,28-29,31-36H,10H2,1H3/t11-,17-,19+,20+,21+,22+,24?,25?,26-,27+/m0/s1. The van der Waals surface area contributed by atoms with Crippen molar-refractivity contribution in [2.24, 2.45) is 0 Å². The number of aliphatic hydroxyl groups is 8. The van der Waals surface area contributed by atoms with E-state index in [1.807, 2.05) is 0 Å². The smallest absolute Gasteiger partial charge is 0.219 e. The van der Waals surface area contributed by atoms with Crippen LogP contribution in [-0.4, -0.2) is 96.0 Å². The Labute approximate surface area is 221 Å². The number of benzene rings is 2. The Morgan fingerprint density at radius 3 is 2.18 bits per heavy atom. The molecule has 2 aromatic carbocycles. The number of rotatable bonds is 4. The molecule has 2 aliphatic heterocycles. The quantitative estimate of drug-likeness (QED) is 0.195. The van der Waals surface area contributed by atoms with E-state index in [0.29, 0.717) is 11.1 Å². The molecule has 2 aliphatic rings. The van der Waals surface area contributed by atoms with Gasteiger partial charge >= 0.3 is 0 Å². The molecule has 3 heterocycles. The molecule has 39 heavy (non-hydrogen) atoms. The maximum atomic E-state index is 13.9. The van der Waals surface area contributed by atoms with Gasteiger partial charge in [0.05, 0.1) is 23.7 Å². The number of hydrogen-bond acceptors (Lipinski definition) is 12. The van der Waals surface area contributed by atoms with Gasteiger partial charge in [0.1, 0.15) is 60.2 Å². The zero-order valence-electron chi connectivity index (χ0n) is 20.7. The third-order valence-electron chi connectivity index (χ3n) is 7.46. The third kappa shape index (κ3) is 4.58. The van der Waals surface area contributed by atoms with E-state index in [4.69, 9.17) is 13.9 Å². The van der Waals surface area contributed by atoms with Gasteiger partial charge in [-0.2, -0.15) is 0 Å². The minimum absolute atomic E-state index is 0.0105. The number of fused-ring (bicyclic) bond motifs is 1. The second kappa shape index (κ2) is 10.3. The summed E-state index contributed by atoms with van der Waals surface area (Å²) in [6.45, 7) is 0.405. The van der Waals surface area contributed by atoms with Crippen molar-refractivity contribution in [1.29, 1.82) is 0 Å². The lowest BCUT2D eigenvalue weighted by molar-refractivity contribution is -0.357. The molecule has 3 aromatic rings. The molecule has 2 fully saturated rings. The Kier molecular flexibility index (Phi) is 7.37. The first-order valence-electron chi connectivity index (χ1n) is 12.4. The van der Waals surface area contributed by atoms with E-state index < -0.39 is 72.8 Å². The highest BCUT2D eigenvalue weighted by atomic mass is 16.7. The van der Waals surface area contributed by atoms with Gasteiger partial charge < -0.3 is 54.7 Å². The van der Waals surface area contributed by atoms with Crippen molar-refractivity contribution < 1.29 is 54.7 Å². The van der Waals surface area contributed by atoms with Crippen molar-refractivity contribution in [3.05, 3.63) is 69.9 Å². The molecule has 2 unspecified atom stereocenters. The average Bonchev–Trinajstić information content (AvgIpc) is 2.95. The fraction of sp³-hybridized carbons (Fsp3) is 0.444. The fourth-order valence-electron chi connectivity index (χ4n) is 5.14. The van der Waals surface area contributed by atoms with Crippen LogP contribution in [0, 0.1) is 0 Å². The van der Waals surface area contributed by atoms with E-state index in [9.17, 15) is 45.6 Å². The van der Waals surface area contributed by atoms with Crippen molar-refractivity contribution in [3.8, 4) is 11.3 Å². The van der Waals surface area contributed by atoms with E-state index in [0.717, 1.165) is 0 Å². The normalized spacial score (nSPS) is 37.2. The molecule has 0 saturated carbocycles. The summed E-state index contributed by atoms with van der Waals surface area (Å²) >= 11 is 0. The van der Waals surface area contributed by atoms with Crippen LogP contribution in [0.4, 0.5) is 0 Å². The van der Waals surface area contributed by atoms with Gasteiger partial charge in [0.2, 0.25) is 5.79 Å². The van der Waals surface area contributed by atoms with Gasteiger partial charge in [-0.1, -0.05) is 36.4 Å². The highest BCUT2D eigenvalue weighted by molar-refractivity contribution is 5.81. The van der Waals surface area contributed by atoms with Crippen LogP contribution in [0.3, 0.4) is 0 Å². The zero-order chi connectivity index (χ0) is 28.2. The minimum Gasteiger partial charge on any atom is -0.455 e. The first-order valence-corrected chi connectivity index (χ1v) is 12.4. The Balaban J connectivity index is 1.69. The molecular formula is C27H30O12. The van der Waals surface area contributed by atoms with E-state index in [1.165, 1.54) is 18.2 Å². The SMILES string of the molecule is C[C@@H]1OC(c2ccc3c(=O)c(C4O[C@](O)(CO)[C@@H](O)[C@H](O)[C@H]4O)c(-c4ccccc4)oc3c2)[C@H](O)[C@H](O)[C@H]1O. The van der Waals surface area contributed by atoms with Crippen molar-refractivity contribution in [3.63, 3.8) is 0 Å². The highest BCUT2D eigenvalue weighted by Crippen LogP contribution is 2.41. The average molecular weight is 547 g/mol. The van der Waals surface area contributed by atoms with Gasteiger partial charge in [0.25, 0.3) is 0 Å². The van der Waals surface area contributed by atoms with Crippen molar-refractivity contribution in [1.82, 2.24) is 0 Å². The summed E-state index contributed by atoms with van der Waals surface area (Å²) in [5.41, 5.74) is -0.185. The van der Waals surface area contributed by atoms with Crippen LogP contribution in [-0.2, 0) is 9.47 Å². The Morgan fingerprint density at radius 2 is 1.51 bits per heavy atom. The molecule has 1 aromatic heterocycles. The Hall–Kier alpha value is -2.75. The lowest BCUT2D eigenvalue weighted by atomic mass is 9.87. The van der Waals surface area contributed by atoms with E-state index in [1.54, 1.807) is 37.3 Å². The van der Waals surface area contributed by atoms with Crippen LogP contribution in [0.25, 0.3) is 22.3 Å². The summed E-state index contributed by atoms with van der Waals surface area (Å²) in [7, 11) is 0. The van der Waals surface area contributed by atoms with Gasteiger partial charge in [-0.05, 0) is 24.6 Å². The van der Waals surface area contributed by atoms with Gasteiger partial charge in [0, 0.05) is 5.56 Å². The second-order valence-corrected chi connectivity index (χ2v) is 10.00. The maximum absolute atomic E-state index is 13.9. The predicted molar refractivity (Wildman–Crippen MR) is 133 cm³/mol. The van der Waals surface area contributed by atoms with Crippen molar-refractivity contribution >= 4 is 11.0 Å². The number of aliphatic hydroxyl groups excluding tert-OH is 7. The molecule has 8 N–H and O–H groups in total. The fourth-order valence-corrected chi connectivity index (χ4v) is 5.14. The first kappa shape index (κ1) is 27.8. The van der Waals surface area contributed by atoms with Crippen LogP contribution >= 0.6 is 0 Å². The summed E-state index contributed by atoms with van der Waals surface area (Å²) in [5.74, 6) is -2.76.